The molecule has 0 unspecified atom stereocenters. The number of benzene rings is 1. The summed E-state index contributed by atoms with van der Waals surface area (Å²) in [7, 11) is 0. The first-order chi connectivity index (χ1) is 22.3. The van der Waals surface area contributed by atoms with Gasteiger partial charge < -0.3 is 33.5 Å². The fourth-order valence-corrected chi connectivity index (χ4v) is 6.52. The number of ether oxygens (including phenoxy) is 3. The summed E-state index contributed by atoms with van der Waals surface area (Å²) in [4.78, 5) is 29.1. The molecule has 3 aromatic heterocycles. The summed E-state index contributed by atoms with van der Waals surface area (Å²) in [5, 5.41) is 10.8. The van der Waals surface area contributed by atoms with Crippen LogP contribution in [-0.2, 0) is 14.3 Å². The average Bonchev–Trinajstić information content (AvgIpc) is 3.65. The molecule has 1 N–H and O–H groups in total. The number of morpholine rings is 1. The molecular formula is C33H31F2N5O6. The number of pyridine rings is 1. The molecule has 13 heteroatoms. The van der Waals surface area contributed by atoms with Crippen molar-refractivity contribution in [2.75, 3.05) is 42.7 Å². The molecule has 0 bridgehead atoms. The number of rotatable bonds is 6. The highest BCUT2D eigenvalue weighted by Gasteiger charge is 2.50. The van der Waals surface area contributed by atoms with E-state index in [9.17, 15) is 18.7 Å². The van der Waals surface area contributed by atoms with Gasteiger partial charge in [-0.15, -0.1) is 0 Å². The van der Waals surface area contributed by atoms with Crippen molar-refractivity contribution >= 4 is 39.5 Å². The third-order valence-electron chi connectivity index (χ3n) is 9.30. The van der Waals surface area contributed by atoms with Crippen molar-refractivity contribution in [2.45, 2.75) is 56.4 Å². The molecule has 0 amide bonds. The van der Waals surface area contributed by atoms with Crippen molar-refractivity contribution in [3.05, 3.63) is 47.9 Å². The van der Waals surface area contributed by atoms with Gasteiger partial charge >= 0.3 is 5.97 Å². The van der Waals surface area contributed by atoms with Gasteiger partial charge in [0.25, 0.3) is 6.43 Å². The molecule has 4 fully saturated rings. The summed E-state index contributed by atoms with van der Waals surface area (Å²) < 4.78 is 52.2. The third kappa shape index (κ3) is 4.96. The van der Waals surface area contributed by atoms with Crippen LogP contribution in [0.2, 0.25) is 0 Å². The lowest BCUT2D eigenvalue weighted by molar-refractivity contribution is -0.228. The minimum atomic E-state index is -2.97. The van der Waals surface area contributed by atoms with Crippen molar-refractivity contribution in [3.8, 4) is 17.7 Å². The van der Waals surface area contributed by atoms with Crippen molar-refractivity contribution in [3.63, 3.8) is 0 Å². The molecule has 8 rings (SSSR count). The summed E-state index contributed by atoms with van der Waals surface area (Å²) in [5.74, 6) is 5.42. The van der Waals surface area contributed by atoms with Gasteiger partial charge in [-0.25, -0.2) is 28.5 Å². The van der Waals surface area contributed by atoms with E-state index in [0.717, 1.165) is 24.1 Å². The average molecular weight is 632 g/mol. The number of hydrogen-bond acceptors (Lipinski definition) is 10. The Kier molecular flexibility index (Phi) is 6.95. The van der Waals surface area contributed by atoms with Gasteiger partial charge in [-0.05, 0) is 38.0 Å². The predicted octanol–water partition coefficient (Wildman–Crippen LogP) is 4.58. The van der Waals surface area contributed by atoms with Crippen LogP contribution in [0.25, 0.3) is 22.1 Å². The number of furan rings is 1. The summed E-state index contributed by atoms with van der Waals surface area (Å²) in [6.07, 6.45) is 0.310. The molecule has 11 nitrogen and oxygen atoms in total. The molecule has 3 atom stereocenters. The molecular weight excluding hydrogens is 600 g/mol. The maximum absolute atomic E-state index is 14.0. The molecule has 46 heavy (non-hydrogen) atoms. The van der Waals surface area contributed by atoms with Gasteiger partial charge in [0.15, 0.2) is 17.2 Å². The second kappa shape index (κ2) is 11.1. The monoisotopic (exact) mass is 631 g/mol. The molecule has 238 valence electrons. The van der Waals surface area contributed by atoms with Gasteiger partial charge in [-0.2, -0.15) is 0 Å². The number of alkyl halides is 2. The van der Waals surface area contributed by atoms with Gasteiger partial charge in [0, 0.05) is 36.0 Å². The van der Waals surface area contributed by atoms with E-state index in [1.165, 1.54) is 4.90 Å². The van der Waals surface area contributed by atoms with Crippen molar-refractivity contribution in [2.24, 2.45) is 5.92 Å². The molecule has 3 saturated heterocycles. The number of para-hydroxylation sites is 1. The minimum absolute atomic E-state index is 0.0115. The van der Waals surface area contributed by atoms with Crippen LogP contribution in [0.3, 0.4) is 0 Å². The Hall–Kier alpha value is -4.54. The number of nitrogens with zero attached hydrogens (tertiary/aromatic N) is 5. The summed E-state index contributed by atoms with van der Waals surface area (Å²) in [6, 6.07) is 7.73. The van der Waals surface area contributed by atoms with Crippen LogP contribution in [0.15, 0.2) is 40.9 Å². The number of halogens is 2. The van der Waals surface area contributed by atoms with Crippen LogP contribution in [0.1, 0.15) is 44.0 Å². The first-order valence-corrected chi connectivity index (χ1v) is 15.4. The lowest BCUT2D eigenvalue weighted by Crippen LogP contribution is -2.68. The van der Waals surface area contributed by atoms with Gasteiger partial charge in [-0.3, -0.25) is 0 Å². The fraction of sp³-hybridized carbons (Fsp3) is 0.455. The quantitative estimate of drug-likeness (QED) is 0.301. The maximum Gasteiger partial charge on any atom is 0.326 e. The van der Waals surface area contributed by atoms with E-state index in [2.05, 4.69) is 38.6 Å². The van der Waals surface area contributed by atoms with Gasteiger partial charge in [0.05, 0.1) is 32.4 Å². The zero-order valence-electron chi connectivity index (χ0n) is 25.0. The Balaban J connectivity index is 1.15. The van der Waals surface area contributed by atoms with E-state index < -0.39 is 36.0 Å². The van der Waals surface area contributed by atoms with E-state index in [-0.39, 0.29) is 35.9 Å². The molecule has 0 radical (unpaired) electrons. The fourth-order valence-electron chi connectivity index (χ4n) is 6.52. The Morgan fingerprint density at radius 1 is 1.20 bits per heavy atom. The number of carboxylic acid groups (broad SMARTS) is 1. The van der Waals surface area contributed by atoms with Crippen LogP contribution >= 0.6 is 0 Å². The number of hydrogen-bond donors (Lipinski definition) is 1. The lowest BCUT2D eigenvalue weighted by Gasteiger charge is -2.53. The second-order valence-corrected chi connectivity index (χ2v) is 12.3. The highest BCUT2D eigenvalue weighted by molar-refractivity contribution is 6.06. The third-order valence-corrected chi connectivity index (χ3v) is 9.30. The number of aromatic nitrogens is 3. The van der Waals surface area contributed by atoms with Gasteiger partial charge in [0.2, 0.25) is 5.88 Å². The molecule has 1 spiro atoms. The normalized spacial score (nSPS) is 24.0. The zero-order valence-corrected chi connectivity index (χ0v) is 25.0. The summed E-state index contributed by atoms with van der Waals surface area (Å²) in [5.41, 5.74) is 1.84. The molecule has 4 aromatic rings. The molecule has 1 saturated carbocycles. The van der Waals surface area contributed by atoms with Crippen LogP contribution in [0.5, 0.6) is 5.88 Å². The highest BCUT2D eigenvalue weighted by Crippen LogP contribution is 2.41. The van der Waals surface area contributed by atoms with Crippen LogP contribution in [0.4, 0.5) is 20.3 Å². The standard InChI is InChI=1S/C33H31F2N5O6/c1-18-33(16-43-17-33)44-11-10-39(18)23-12-20(9-8-19-6-7-19)14-36-31(23)45-21-13-24(32(41)42)40(15-21)30-27-26(37-29(38-30)28(34)35)22-4-2-3-5-25(22)46-27/h2-5,12,14,18-19,21,24,28H,6-7,10-11,13,15-17H2,1H3,(H,41,42)/t18-,21-,24-/m0/s1. The van der Waals surface area contributed by atoms with E-state index in [1.807, 2.05) is 6.07 Å². The van der Waals surface area contributed by atoms with Crippen LogP contribution in [-0.4, -0.2) is 82.7 Å². The molecule has 1 aromatic carbocycles. The Labute approximate surface area is 262 Å². The van der Waals surface area contributed by atoms with Gasteiger partial charge in [-0.1, -0.05) is 24.0 Å². The SMILES string of the molecule is C[C@@H]1N(c2cc(C#CC3CC3)cnc2O[C@H]2C[C@@H](C(=O)O)N(c3nc(C(F)F)nc4c3oc3ccccc34)C2)CCOC12COC2. The topological polar surface area (TPSA) is 123 Å². The largest absolute Gasteiger partial charge is 0.480 e. The predicted molar refractivity (Wildman–Crippen MR) is 162 cm³/mol. The van der Waals surface area contributed by atoms with E-state index in [0.29, 0.717) is 49.1 Å². The molecule has 4 aliphatic rings. The molecule has 6 heterocycles. The maximum atomic E-state index is 14.0. The molecule has 1 aliphatic carbocycles. The number of carboxylic acids is 1. The van der Waals surface area contributed by atoms with E-state index in [1.54, 1.807) is 30.5 Å². The first kappa shape index (κ1) is 28.9. The second-order valence-electron chi connectivity index (χ2n) is 12.3. The van der Waals surface area contributed by atoms with Crippen molar-refractivity contribution in [1.29, 1.82) is 0 Å². The number of carbonyl (C=O) groups is 1. The van der Waals surface area contributed by atoms with Crippen molar-refractivity contribution < 1.29 is 37.3 Å². The number of fused-ring (bicyclic) bond motifs is 3. The number of aliphatic carboxylic acids is 1. The number of anilines is 2. The smallest absolute Gasteiger partial charge is 0.326 e. The van der Waals surface area contributed by atoms with E-state index >= 15 is 0 Å². The summed E-state index contributed by atoms with van der Waals surface area (Å²) >= 11 is 0. The lowest BCUT2D eigenvalue weighted by atomic mass is 9.90. The Bertz CT molecular complexity index is 1900. The zero-order chi connectivity index (χ0) is 31.6. The highest BCUT2D eigenvalue weighted by atomic mass is 19.3. The Morgan fingerprint density at radius 3 is 2.76 bits per heavy atom. The van der Waals surface area contributed by atoms with Crippen molar-refractivity contribution in [1.82, 2.24) is 15.0 Å². The van der Waals surface area contributed by atoms with Gasteiger partial charge in [0.1, 0.15) is 34.5 Å². The first-order valence-electron chi connectivity index (χ1n) is 15.4. The Morgan fingerprint density at radius 2 is 2.02 bits per heavy atom. The minimum Gasteiger partial charge on any atom is -0.480 e. The molecule has 3 aliphatic heterocycles. The van der Waals surface area contributed by atoms with E-state index in [4.69, 9.17) is 18.6 Å². The summed E-state index contributed by atoms with van der Waals surface area (Å²) in [6.45, 7) is 4.20. The van der Waals surface area contributed by atoms with Crippen LogP contribution in [0, 0.1) is 17.8 Å². The van der Waals surface area contributed by atoms with Crippen LogP contribution < -0.4 is 14.5 Å².